The highest BCUT2D eigenvalue weighted by Gasteiger charge is 2.07. The van der Waals surface area contributed by atoms with Crippen LogP contribution in [0.4, 0.5) is 5.69 Å². The molecular formula is C12H11N3. The predicted octanol–water partition coefficient (Wildman–Crippen LogP) is 2.61. The summed E-state index contributed by atoms with van der Waals surface area (Å²) in [6.45, 7) is 0. The summed E-state index contributed by atoms with van der Waals surface area (Å²) in [7, 11) is 0. The van der Waals surface area contributed by atoms with Gasteiger partial charge in [0.15, 0.2) is 0 Å². The van der Waals surface area contributed by atoms with Gasteiger partial charge in [0.25, 0.3) is 5.71 Å². The van der Waals surface area contributed by atoms with Gasteiger partial charge in [-0.25, -0.2) is 0 Å². The van der Waals surface area contributed by atoms with E-state index in [1.54, 1.807) is 6.08 Å². The molecule has 0 spiro atoms. The predicted molar refractivity (Wildman–Crippen MR) is 60.5 cm³/mol. The number of para-hydroxylation sites is 1. The zero-order chi connectivity index (χ0) is 10.5. The standard InChI is InChI=1S/C12H11N3/c13-15-12-8-6-11(7-9-12)14-10-4-2-1-3-5-10/h1-8,14H,9H2. The summed E-state index contributed by atoms with van der Waals surface area (Å²) >= 11 is 0. The topological polar surface area (TPSA) is 48.4 Å². The molecule has 0 radical (unpaired) electrons. The SMILES string of the molecule is [N-]=[N+]=C1C=CC(Nc2ccccc2)=CC1. The van der Waals surface area contributed by atoms with Crippen LogP contribution in [-0.2, 0) is 0 Å². The Bertz CT molecular complexity index is 451. The van der Waals surface area contributed by atoms with Gasteiger partial charge in [-0.15, -0.1) is 0 Å². The van der Waals surface area contributed by atoms with Crippen molar-refractivity contribution in [1.29, 1.82) is 0 Å². The molecule has 2 rings (SSSR count). The molecule has 74 valence electrons. The van der Waals surface area contributed by atoms with Crippen LogP contribution in [0.2, 0.25) is 0 Å². The zero-order valence-corrected chi connectivity index (χ0v) is 8.22. The van der Waals surface area contributed by atoms with Gasteiger partial charge in [-0.1, -0.05) is 18.2 Å². The van der Waals surface area contributed by atoms with Crippen LogP contribution < -0.4 is 5.32 Å². The lowest BCUT2D eigenvalue weighted by Crippen LogP contribution is -2.04. The highest BCUT2D eigenvalue weighted by Crippen LogP contribution is 2.12. The number of nitrogens with zero attached hydrogens (tertiary/aromatic N) is 2. The van der Waals surface area contributed by atoms with E-state index in [2.05, 4.69) is 10.1 Å². The Morgan fingerprint density at radius 2 is 1.93 bits per heavy atom. The molecule has 0 saturated heterocycles. The fourth-order valence-electron chi connectivity index (χ4n) is 1.39. The van der Waals surface area contributed by atoms with Crippen molar-refractivity contribution in [2.24, 2.45) is 0 Å². The van der Waals surface area contributed by atoms with Gasteiger partial charge in [0.1, 0.15) is 0 Å². The van der Waals surface area contributed by atoms with Crippen molar-refractivity contribution in [3.63, 3.8) is 0 Å². The Kier molecular flexibility index (Phi) is 2.77. The van der Waals surface area contributed by atoms with E-state index in [1.165, 1.54) is 0 Å². The first-order valence-electron chi connectivity index (χ1n) is 4.80. The van der Waals surface area contributed by atoms with Gasteiger partial charge in [0.05, 0.1) is 6.42 Å². The first-order valence-corrected chi connectivity index (χ1v) is 4.80. The number of hydrogen-bond donors (Lipinski definition) is 1. The number of anilines is 1. The van der Waals surface area contributed by atoms with E-state index in [-0.39, 0.29) is 0 Å². The maximum atomic E-state index is 8.55. The maximum Gasteiger partial charge on any atom is 0.295 e. The van der Waals surface area contributed by atoms with Gasteiger partial charge in [-0.3, -0.25) is 0 Å². The van der Waals surface area contributed by atoms with Gasteiger partial charge < -0.3 is 10.8 Å². The fraction of sp³-hybridized carbons (Fsp3) is 0.0833. The second-order valence-electron chi connectivity index (χ2n) is 3.28. The van der Waals surface area contributed by atoms with Crippen molar-refractivity contribution < 1.29 is 4.79 Å². The molecule has 1 aromatic rings. The molecule has 1 aliphatic rings. The van der Waals surface area contributed by atoms with Crippen molar-refractivity contribution in [3.05, 3.63) is 59.8 Å². The Morgan fingerprint density at radius 1 is 1.13 bits per heavy atom. The monoisotopic (exact) mass is 197 g/mol. The summed E-state index contributed by atoms with van der Waals surface area (Å²) in [6, 6.07) is 9.95. The lowest BCUT2D eigenvalue weighted by atomic mass is 10.1. The first kappa shape index (κ1) is 9.44. The van der Waals surface area contributed by atoms with Crippen LogP contribution in [0.5, 0.6) is 0 Å². The average molecular weight is 197 g/mol. The summed E-state index contributed by atoms with van der Waals surface area (Å²) < 4.78 is 0. The van der Waals surface area contributed by atoms with Gasteiger partial charge in [-0.2, -0.15) is 4.79 Å². The van der Waals surface area contributed by atoms with E-state index in [0.717, 1.165) is 11.4 Å². The van der Waals surface area contributed by atoms with E-state index in [4.69, 9.17) is 5.53 Å². The van der Waals surface area contributed by atoms with Crippen LogP contribution >= 0.6 is 0 Å². The van der Waals surface area contributed by atoms with Gasteiger partial charge in [-0.05, 0) is 24.3 Å². The van der Waals surface area contributed by atoms with Crippen LogP contribution in [0.15, 0.2) is 54.3 Å². The largest absolute Gasteiger partial charge is 0.361 e. The summed E-state index contributed by atoms with van der Waals surface area (Å²) in [5, 5.41) is 3.26. The van der Waals surface area contributed by atoms with E-state index in [9.17, 15) is 0 Å². The molecular weight excluding hydrogens is 186 g/mol. The molecule has 0 fully saturated rings. The molecule has 0 aliphatic heterocycles. The molecule has 1 aromatic carbocycles. The fourth-order valence-corrected chi connectivity index (χ4v) is 1.39. The molecule has 1 N–H and O–H groups in total. The second-order valence-corrected chi connectivity index (χ2v) is 3.28. The molecule has 0 amide bonds. The maximum absolute atomic E-state index is 8.55. The Balaban J connectivity index is 2.07. The molecule has 0 heterocycles. The number of hydrogen-bond acceptors (Lipinski definition) is 1. The van der Waals surface area contributed by atoms with Crippen molar-refractivity contribution in [3.8, 4) is 0 Å². The quantitative estimate of drug-likeness (QED) is 0.575. The lowest BCUT2D eigenvalue weighted by molar-refractivity contribution is -0.00540. The van der Waals surface area contributed by atoms with Gasteiger partial charge >= 0.3 is 0 Å². The molecule has 0 saturated carbocycles. The van der Waals surface area contributed by atoms with Crippen molar-refractivity contribution >= 4 is 11.4 Å². The third kappa shape index (κ3) is 2.42. The first-order chi connectivity index (χ1) is 7.38. The minimum absolute atomic E-state index is 0.655. The number of benzene rings is 1. The van der Waals surface area contributed by atoms with E-state index in [0.29, 0.717) is 12.1 Å². The molecule has 0 unspecified atom stereocenters. The number of nitrogens with one attached hydrogen (secondary N) is 1. The Morgan fingerprint density at radius 3 is 2.53 bits per heavy atom. The minimum atomic E-state index is 0.655. The smallest absolute Gasteiger partial charge is 0.295 e. The molecule has 0 aromatic heterocycles. The van der Waals surface area contributed by atoms with Crippen molar-refractivity contribution in [1.82, 2.24) is 0 Å². The highest BCUT2D eigenvalue weighted by molar-refractivity contribution is 5.93. The molecule has 1 aliphatic carbocycles. The Labute approximate surface area is 88.4 Å². The third-order valence-corrected chi connectivity index (χ3v) is 2.18. The molecule has 0 atom stereocenters. The highest BCUT2D eigenvalue weighted by atomic mass is 14.9. The lowest BCUT2D eigenvalue weighted by Gasteiger charge is -2.08. The van der Waals surface area contributed by atoms with E-state index in [1.807, 2.05) is 42.5 Å². The van der Waals surface area contributed by atoms with Crippen molar-refractivity contribution in [2.45, 2.75) is 6.42 Å². The summed E-state index contributed by atoms with van der Waals surface area (Å²) in [5.41, 5.74) is 11.3. The average Bonchev–Trinajstić information content (AvgIpc) is 2.31. The second kappa shape index (κ2) is 4.40. The summed E-state index contributed by atoms with van der Waals surface area (Å²) in [6.07, 6.45) is 6.33. The van der Waals surface area contributed by atoms with Crippen LogP contribution in [0.1, 0.15) is 6.42 Å². The number of rotatable bonds is 2. The van der Waals surface area contributed by atoms with Crippen LogP contribution in [0.3, 0.4) is 0 Å². The summed E-state index contributed by atoms with van der Waals surface area (Å²) in [5.74, 6) is 0. The van der Waals surface area contributed by atoms with Crippen molar-refractivity contribution in [2.75, 3.05) is 5.32 Å². The van der Waals surface area contributed by atoms with Crippen LogP contribution in [0.25, 0.3) is 5.53 Å². The molecule has 0 bridgehead atoms. The molecule has 15 heavy (non-hydrogen) atoms. The Hall–Kier alpha value is -2.12. The van der Waals surface area contributed by atoms with Crippen LogP contribution in [-0.4, -0.2) is 10.5 Å². The summed E-state index contributed by atoms with van der Waals surface area (Å²) in [4.78, 5) is 3.15. The zero-order valence-electron chi connectivity index (χ0n) is 8.22. The van der Waals surface area contributed by atoms with Crippen LogP contribution in [0, 0.1) is 0 Å². The van der Waals surface area contributed by atoms with Gasteiger partial charge in [0.2, 0.25) is 0 Å². The normalized spacial score (nSPS) is 14.4. The molecule has 3 heteroatoms. The third-order valence-electron chi connectivity index (χ3n) is 2.18. The van der Waals surface area contributed by atoms with Gasteiger partial charge in [0, 0.05) is 17.5 Å². The minimum Gasteiger partial charge on any atom is -0.361 e. The van der Waals surface area contributed by atoms with E-state index >= 15 is 0 Å². The molecule has 3 nitrogen and oxygen atoms in total. The van der Waals surface area contributed by atoms with E-state index < -0.39 is 0 Å². The number of allylic oxidation sites excluding steroid dienone is 3.